The number of aliphatic carboxylic acids is 1. The van der Waals surface area contributed by atoms with Gasteiger partial charge in [0, 0.05) is 18.4 Å². The third-order valence-electron chi connectivity index (χ3n) is 6.51. The first kappa shape index (κ1) is 22.8. The predicted molar refractivity (Wildman–Crippen MR) is 124 cm³/mol. The molecule has 4 rings (SSSR count). The lowest BCUT2D eigenvalue weighted by Crippen LogP contribution is -2.49. The van der Waals surface area contributed by atoms with Crippen LogP contribution in [0, 0.1) is 17.3 Å². The maximum atomic E-state index is 12.4. The topological polar surface area (TPSA) is 105 Å². The molecule has 174 valence electrons. The maximum absolute atomic E-state index is 12.4. The Bertz CT molecular complexity index is 1030. The monoisotopic (exact) mass is 450 g/mol. The second-order valence-corrected chi connectivity index (χ2v) is 9.95. The number of carbonyl (C=O) groups excluding carboxylic acids is 2. The summed E-state index contributed by atoms with van der Waals surface area (Å²) < 4.78 is 5.53. The number of ether oxygens (including phenoxy) is 1. The molecule has 7 heteroatoms. The maximum Gasteiger partial charge on any atom is 0.407 e. The molecule has 1 fully saturated rings. The van der Waals surface area contributed by atoms with Crippen molar-refractivity contribution in [2.24, 2.45) is 17.3 Å². The van der Waals surface area contributed by atoms with E-state index in [2.05, 4.69) is 34.9 Å². The molecule has 3 unspecified atom stereocenters. The normalized spacial score (nSPS) is 19.7. The molecule has 0 aromatic heterocycles. The van der Waals surface area contributed by atoms with Crippen molar-refractivity contribution in [1.29, 1.82) is 0 Å². The van der Waals surface area contributed by atoms with E-state index in [1.807, 2.05) is 24.3 Å². The van der Waals surface area contributed by atoms with Gasteiger partial charge in [0.05, 0.1) is 0 Å². The van der Waals surface area contributed by atoms with Crippen molar-refractivity contribution in [3.8, 4) is 11.1 Å². The van der Waals surface area contributed by atoms with E-state index in [-0.39, 0.29) is 30.3 Å². The number of rotatable bonds is 7. The van der Waals surface area contributed by atoms with E-state index in [4.69, 9.17) is 4.74 Å². The molecule has 3 atom stereocenters. The SMILES string of the molecule is CC(C)(C)C(NC(=O)C1CC1CNC(=O)OCC1c2ccccc2-c2ccccc21)C(=O)O. The summed E-state index contributed by atoms with van der Waals surface area (Å²) in [5.74, 6) is -1.64. The highest BCUT2D eigenvalue weighted by atomic mass is 16.5. The molecule has 2 aliphatic rings. The molecule has 0 aliphatic heterocycles. The molecule has 7 nitrogen and oxygen atoms in total. The van der Waals surface area contributed by atoms with E-state index in [0.717, 1.165) is 11.1 Å². The summed E-state index contributed by atoms with van der Waals surface area (Å²) in [6, 6.07) is 15.3. The first-order valence-electron chi connectivity index (χ1n) is 11.3. The van der Waals surface area contributed by atoms with Crippen molar-refractivity contribution in [2.75, 3.05) is 13.2 Å². The minimum Gasteiger partial charge on any atom is -0.480 e. The molecule has 1 saturated carbocycles. The molecule has 2 aromatic carbocycles. The fraction of sp³-hybridized carbons (Fsp3) is 0.423. The van der Waals surface area contributed by atoms with Crippen LogP contribution in [0.3, 0.4) is 0 Å². The predicted octanol–water partition coefficient (Wildman–Crippen LogP) is 3.78. The summed E-state index contributed by atoms with van der Waals surface area (Å²) in [6.07, 6.45) is 0.104. The van der Waals surface area contributed by atoms with Crippen LogP contribution in [-0.2, 0) is 14.3 Å². The second kappa shape index (κ2) is 8.89. The Morgan fingerprint density at radius 3 is 2.15 bits per heavy atom. The average Bonchev–Trinajstić information content (AvgIpc) is 3.48. The summed E-state index contributed by atoms with van der Waals surface area (Å²) in [4.78, 5) is 36.2. The van der Waals surface area contributed by atoms with E-state index >= 15 is 0 Å². The van der Waals surface area contributed by atoms with E-state index in [0.29, 0.717) is 13.0 Å². The molecule has 2 amide bonds. The van der Waals surface area contributed by atoms with Crippen LogP contribution < -0.4 is 10.6 Å². The molecule has 0 spiro atoms. The van der Waals surface area contributed by atoms with Gasteiger partial charge < -0.3 is 20.5 Å². The molecule has 0 heterocycles. The van der Waals surface area contributed by atoms with E-state index < -0.39 is 23.5 Å². The Hall–Kier alpha value is -3.35. The van der Waals surface area contributed by atoms with E-state index in [9.17, 15) is 19.5 Å². The number of nitrogens with one attached hydrogen (secondary N) is 2. The Labute approximate surface area is 193 Å². The summed E-state index contributed by atoms with van der Waals surface area (Å²) in [5.41, 5.74) is 4.05. The highest BCUT2D eigenvalue weighted by Crippen LogP contribution is 2.44. The van der Waals surface area contributed by atoms with Gasteiger partial charge in [-0.05, 0) is 40.0 Å². The highest BCUT2D eigenvalue weighted by molar-refractivity contribution is 5.87. The van der Waals surface area contributed by atoms with Crippen molar-refractivity contribution in [2.45, 2.75) is 39.2 Å². The standard InChI is InChI=1S/C26H30N2O5/c1-26(2,3)22(24(30)31)28-23(29)20-12-15(20)13-27-25(32)33-14-21-18-10-6-4-8-16(18)17-9-5-7-11-19(17)21/h4-11,15,20-22H,12-14H2,1-3H3,(H,27,32)(H,28,29)(H,30,31). The van der Waals surface area contributed by atoms with Gasteiger partial charge in [0.25, 0.3) is 0 Å². The molecule has 0 radical (unpaired) electrons. The van der Waals surface area contributed by atoms with Gasteiger partial charge in [-0.2, -0.15) is 0 Å². The third-order valence-corrected chi connectivity index (χ3v) is 6.51. The van der Waals surface area contributed by atoms with Crippen LogP contribution in [0.2, 0.25) is 0 Å². The van der Waals surface area contributed by atoms with Gasteiger partial charge in [-0.1, -0.05) is 69.3 Å². The Balaban J connectivity index is 1.26. The number of hydrogen-bond donors (Lipinski definition) is 3. The fourth-order valence-electron chi connectivity index (χ4n) is 4.56. The lowest BCUT2D eigenvalue weighted by Gasteiger charge is -2.27. The number of alkyl carbamates (subject to hydrolysis) is 1. The van der Waals surface area contributed by atoms with Crippen LogP contribution >= 0.6 is 0 Å². The molecular weight excluding hydrogens is 420 g/mol. The molecule has 2 aromatic rings. The fourth-order valence-corrected chi connectivity index (χ4v) is 4.56. The van der Waals surface area contributed by atoms with E-state index in [1.165, 1.54) is 11.1 Å². The molecule has 0 bridgehead atoms. The van der Waals surface area contributed by atoms with E-state index in [1.54, 1.807) is 20.8 Å². The highest BCUT2D eigenvalue weighted by Gasteiger charge is 2.45. The van der Waals surface area contributed by atoms with Crippen LogP contribution in [-0.4, -0.2) is 42.3 Å². The smallest absolute Gasteiger partial charge is 0.407 e. The zero-order valence-electron chi connectivity index (χ0n) is 19.1. The van der Waals surface area contributed by atoms with Crippen LogP contribution in [0.4, 0.5) is 4.79 Å². The number of amides is 2. The number of carbonyl (C=O) groups is 3. The minimum absolute atomic E-state index is 0.00653. The van der Waals surface area contributed by atoms with Crippen molar-refractivity contribution in [1.82, 2.24) is 10.6 Å². The van der Waals surface area contributed by atoms with Crippen molar-refractivity contribution < 1.29 is 24.2 Å². The molecule has 3 N–H and O–H groups in total. The number of hydrogen-bond acceptors (Lipinski definition) is 4. The van der Waals surface area contributed by atoms with Gasteiger partial charge in [0.2, 0.25) is 5.91 Å². The van der Waals surface area contributed by atoms with Crippen LogP contribution in [0.5, 0.6) is 0 Å². The summed E-state index contributed by atoms with van der Waals surface area (Å²) in [7, 11) is 0. The van der Waals surface area contributed by atoms with Gasteiger partial charge in [-0.15, -0.1) is 0 Å². The van der Waals surface area contributed by atoms with Gasteiger partial charge in [0.15, 0.2) is 0 Å². The molecule has 2 aliphatic carbocycles. The minimum atomic E-state index is -1.05. The van der Waals surface area contributed by atoms with Crippen molar-refractivity contribution >= 4 is 18.0 Å². The first-order valence-corrected chi connectivity index (χ1v) is 11.3. The Kier molecular flexibility index (Phi) is 6.15. The van der Waals surface area contributed by atoms with Gasteiger partial charge >= 0.3 is 12.1 Å². The van der Waals surface area contributed by atoms with Crippen LogP contribution in [0.25, 0.3) is 11.1 Å². The molecular formula is C26H30N2O5. The number of benzene rings is 2. The van der Waals surface area contributed by atoms with Gasteiger partial charge in [0.1, 0.15) is 12.6 Å². The lowest BCUT2D eigenvalue weighted by molar-refractivity contribution is -0.145. The van der Waals surface area contributed by atoms with Crippen molar-refractivity contribution in [3.63, 3.8) is 0 Å². The number of carboxylic acids is 1. The van der Waals surface area contributed by atoms with Gasteiger partial charge in [-0.25, -0.2) is 9.59 Å². The Morgan fingerprint density at radius 1 is 1.03 bits per heavy atom. The first-order chi connectivity index (χ1) is 15.7. The molecule has 33 heavy (non-hydrogen) atoms. The third kappa shape index (κ3) is 4.87. The lowest BCUT2D eigenvalue weighted by atomic mass is 9.86. The molecule has 0 saturated heterocycles. The quantitative estimate of drug-likeness (QED) is 0.596. The summed E-state index contributed by atoms with van der Waals surface area (Å²) in [6.45, 7) is 5.88. The Morgan fingerprint density at radius 2 is 1.61 bits per heavy atom. The van der Waals surface area contributed by atoms with Gasteiger partial charge in [-0.3, -0.25) is 4.79 Å². The van der Waals surface area contributed by atoms with Crippen LogP contribution in [0.15, 0.2) is 48.5 Å². The summed E-state index contributed by atoms with van der Waals surface area (Å²) >= 11 is 0. The average molecular weight is 451 g/mol. The van der Waals surface area contributed by atoms with Crippen LogP contribution in [0.1, 0.15) is 44.2 Å². The summed E-state index contributed by atoms with van der Waals surface area (Å²) in [5, 5.41) is 14.8. The second-order valence-electron chi connectivity index (χ2n) is 9.95. The largest absolute Gasteiger partial charge is 0.480 e. The number of carboxylic acid groups (broad SMARTS) is 1. The zero-order chi connectivity index (χ0) is 23.8. The van der Waals surface area contributed by atoms with Crippen molar-refractivity contribution in [3.05, 3.63) is 59.7 Å². The number of fused-ring (bicyclic) bond motifs is 3. The zero-order valence-corrected chi connectivity index (χ0v) is 19.1.